The fraction of sp³-hybridized carbons (Fsp3) is 0.538. The van der Waals surface area contributed by atoms with Crippen LogP contribution in [-0.2, 0) is 26.3 Å². The molecule has 1 aromatic carbocycles. The molecular weight excluding hydrogens is 298 g/mol. The van der Waals surface area contributed by atoms with Crippen LogP contribution in [-0.4, -0.2) is 51.5 Å². The van der Waals surface area contributed by atoms with E-state index < -0.39 is 25.1 Å². The Morgan fingerprint density at radius 3 is 2.35 bits per heavy atom. The summed E-state index contributed by atoms with van der Waals surface area (Å²) in [7, 11) is -6.55. The van der Waals surface area contributed by atoms with E-state index in [9.17, 15) is 16.8 Å². The molecule has 1 heterocycles. The molecule has 1 unspecified atom stereocenters. The SMILES string of the molecule is CS(=O)(=O)C1CCN(S(=O)(=O)CCc2ccccc2)C1. The normalized spacial score (nSPS) is 21.1. The zero-order chi connectivity index (χ0) is 14.8. The molecule has 1 aliphatic rings. The summed E-state index contributed by atoms with van der Waals surface area (Å²) < 4.78 is 48.7. The lowest BCUT2D eigenvalue weighted by Gasteiger charge is -2.16. The van der Waals surface area contributed by atoms with Crippen LogP contribution < -0.4 is 0 Å². The topological polar surface area (TPSA) is 71.5 Å². The van der Waals surface area contributed by atoms with Crippen LogP contribution in [0.3, 0.4) is 0 Å². The Kier molecular flexibility index (Phi) is 4.51. The van der Waals surface area contributed by atoms with E-state index in [4.69, 9.17) is 0 Å². The molecule has 0 N–H and O–H groups in total. The average Bonchev–Trinajstić information content (AvgIpc) is 2.88. The van der Waals surface area contributed by atoms with Gasteiger partial charge in [-0.15, -0.1) is 0 Å². The number of sulfonamides is 1. The van der Waals surface area contributed by atoms with E-state index >= 15 is 0 Å². The molecule has 1 fully saturated rings. The van der Waals surface area contributed by atoms with Gasteiger partial charge in [0.2, 0.25) is 10.0 Å². The minimum absolute atomic E-state index is 0.0213. The summed E-state index contributed by atoms with van der Waals surface area (Å²) in [5, 5.41) is -0.561. The molecule has 0 bridgehead atoms. The predicted molar refractivity (Wildman–Crippen MR) is 78.8 cm³/mol. The number of sulfone groups is 1. The van der Waals surface area contributed by atoms with Crippen molar-refractivity contribution in [2.24, 2.45) is 0 Å². The van der Waals surface area contributed by atoms with Crippen LogP contribution in [0.5, 0.6) is 0 Å². The van der Waals surface area contributed by atoms with Gasteiger partial charge in [-0.25, -0.2) is 21.1 Å². The van der Waals surface area contributed by atoms with Gasteiger partial charge in [0.05, 0.1) is 11.0 Å². The number of hydrogen-bond donors (Lipinski definition) is 0. The zero-order valence-corrected chi connectivity index (χ0v) is 13.0. The van der Waals surface area contributed by atoms with Gasteiger partial charge in [-0.2, -0.15) is 0 Å². The van der Waals surface area contributed by atoms with Gasteiger partial charge < -0.3 is 0 Å². The van der Waals surface area contributed by atoms with Gasteiger partial charge in [0, 0.05) is 19.3 Å². The van der Waals surface area contributed by atoms with Crippen molar-refractivity contribution in [1.82, 2.24) is 4.31 Å². The monoisotopic (exact) mass is 317 g/mol. The fourth-order valence-corrected chi connectivity index (χ4v) is 4.94. The Bertz CT molecular complexity index is 653. The van der Waals surface area contributed by atoms with Crippen molar-refractivity contribution in [2.75, 3.05) is 25.1 Å². The molecule has 1 aliphatic heterocycles. The second-order valence-electron chi connectivity index (χ2n) is 5.15. The third kappa shape index (κ3) is 3.80. The van der Waals surface area contributed by atoms with E-state index in [1.54, 1.807) is 0 Å². The molecule has 20 heavy (non-hydrogen) atoms. The van der Waals surface area contributed by atoms with Crippen LogP contribution >= 0.6 is 0 Å². The Morgan fingerprint density at radius 2 is 1.80 bits per heavy atom. The third-order valence-corrected chi connectivity index (χ3v) is 7.03. The molecule has 0 aliphatic carbocycles. The smallest absolute Gasteiger partial charge is 0.214 e. The lowest BCUT2D eigenvalue weighted by atomic mass is 10.2. The van der Waals surface area contributed by atoms with E-state index in [-0.39, 0.29) is 12.3 Å². The number of aryl methyl sites for hydroxylation is 1. The fourth-order valence-electron chi connectivity index (χ4n) is 2.32. The lowest BCUT2D eigenvalue weighted by Crippen LogP contribution is -2.33. The van der Waals surface area contributed by atoms with Crippen molar-refractivity contribution < 1.29 is 16.8 Å². The number of rotatable bonds is 5. The van der Waals surface area contributed by atoms with E-state index in [1.165, 1.54) is 4.31 Å². The molecule has 0 amide bonds. The molecule has 0 radical (unpaired) electrons. The van der Waals surface area contributed by atoms with Crippen molar-refractivity contribution in [2.45, 2.75) is 18.1 Å². The first-order valence-corrected chi connectivity index (χ1v) is 10.1. The maximum atomic E-state index is 12.2. The summed E-state index contributed by atoms with van der Waals surface area (Å²) in [6.07, 6.45) is 2.00. The van der Waals surface area contributed by atoms with Crippen molar-refractivity contribution in [1.29, 1.82) is 0 Å². The van der Waals surface area contributed by atoms with Gasteiger partial charge in [0.15, 0.2) is 9.84 Å². The van der Waals surface area contributed by atoms with E-state index in [0.717, 1.165) is 11.8 Å². The molecule has 5 nitrogen and oxygen atoms in total. The highest BCUT2D eigenvalue weighted by atomic mass is 32.2. The van der Waals surface area contributed by atoms with Gasteiger partial charge in [-0.3, -0.25) is 0 Å². The molecular formula is C13H19NO4S2. The number of benzene rings is 1. The molecule has 0 spiro atoms. The first-order valence-electron chi connectivity index (χ1n) is 6.50. The summed E-state index contributed by atoms with van der Waals surface area (Å²) in [5.74, 6) is 0.0213. The largest absolute Gasteiger partial charge is 0.229 e. The highest BCUT2D eigenvalue weighted by Crippen LogP contribution is 2.20. The second kappa shape index (κ2) is 5.83. The first kappa shape index (κ1) is 15.5. The van der Waals surface area contributed by atoms with Crippen LogP contribution in [0.1, 0.15) is 12.0 Å². The van der Waals surface area contributed by atoms with Crippen molar-refractivity contribution in [3.8, 4) is 0 Å². The van der Waals surface area contributed by atoms with Crippen LogP contribution in [0.15, 0.2) is 30.3 Å². The second-order valence-corrected chi connectivity index (χ2v) is 9.56. The standard InChI is InChI=1S/C13H19NO4S2/c1-19(15,16)13-7-9-14(11-13)20(17,18)10-8-12-5-3-2-4-6-12/h2-6,13H,7-11H2,1H3. The van der Waals surface area contributed by atoms with E-state index in [2.05, 4.69) is 0 Å². The van der Waals surface area contributed by atoms with E-state index in [0.29, 0.717) is 19.4 Å². The summed E-state index contributed by atoms with van der Waals surface area (Å²) in [4.78, 5) is 0. The van der Waals surface area contributed by atoms with Gasteiger partial charge in [-0.1, -0.05) is 30.3 Å². The van der Waals surface area contributed by atoms with Crippen molar-refractivity contribution in [3.63, 3.8) is 0 Å². The Labute approximate surface area is 120 Å². The minimum atomic E-state index is -3.38. The van der Waals surface area contributed by atoms with Gasteiger partial charge in [-0.05, 0) is 18.4 Å². The van der Waals surface area contributed by atoms with Crippen LogP contribution in [0, 0.1) is 0 Å². The van der Waals surface area contributed by atoms with Gasteiger partial charge >= 0.3 is 0 Å². The lowest BCUT2D eigenvalue weighted by molar-refractivity contribution is 0.476. The highest BCUT2D eigenvalue weighted by molar-refractivity contribution is 7.91. The van der Waals surface area contributed by atoms with Crippen LogP contribution in [0.4, 0.5) is 0 Å². The van der Waals surface area contributed by atoms with E-state index in [1.807, 2.05) is 30.3 Å². The van der Waals surface area contributed by atoms with Crippen LogP contribution in [0.25, 0.3) is 0 Å². The average molecular weight is 317 g/mol. The van der Waals surface area contributed by atoms with Gasteiger partial charge in [0.25, 0.3) is 0 Å². The minimum Gasteiger partial charge on any atom is -0.229 e. The van der Waals surface area contributed by atoms with Crippen molar-refractivity contribution in [3.05, 3.63) is 35.9 Å². The maximum absolute atomic E-state index is 12.2. The molecule has 2 rings (SSSR count). The Morgan fingerprint density at radius 1 is 1.15 bits per heavy atom. The quantitative estimate of drug-likeness (QED) is 0.800. The highest BCUT2D eigenvalue weighted by Gasteiger charge is 2.35. The Hall–Kier alpha value is -0.920. The third-order valence-electron chi connectivity index (χ3n) is 3.60. The van der Waals surface area contributed by atoms with Gasteiger partial charge in [0.1, 0.15) is 0 Å². The summed E-state index contributed by atoms with van der Waals surface area (Å²) in [5.41, 5.74) is 0.968. The summed E-state index contributed by atoms with van der Waals surface area (Å²) in [6, 6.07) is 9.40. The first-order chi connectivity index (χ1) is 9.29. The number of nitrogens with zero attached hydrogens (tertiary/aromatic N) is 1. The molecule has 1 atom stereocenters. The molecule has 0 aromatic heterocycles. The van der Waals surface area contributed by atoms with Crippen molar-refractivity contribution >= 4 is 19.9 Å². The molecule has 7 heteroatoms. The maximum Gasteiger partial charge on any atom is 0.214 e. The molecule has 1 aromatic rings. The Balaban J connectivity index is 1.98. The van der Waals surface area contributed by atoms with Crippen LogP contribution in [0.2, 0.25) is 0 Å². The number of hydrogen-bond acceptors (Lipinski definition) is 4. The molecule has 112 valence electrons. The summed E-state index contributed by atoms with van der Waals surface area (Å²) >= 11 is 0. The molecule has 0 saturated carbocycles. The molecule has 1 saturated heterocycles. The predicted octanol–water partition coefficient (Wildman–Crippen LogP) is 0.678. The summed E-state index contributed by atoms with van der Waals surface area (Å²) in [6.45, 7) is 0.394. The zero-order valence-electron chi connectivity index (χ0n) is 11.4.